The minimum Gasteiger partial charge on any atom is -0.292 e. The van der Waals surface area contributed by atoms with Gasteiger partial charge in [-0.05, 0) is 24.8 Å². The van der Waals surface area contributed by atoms with E-state index in [2.05, 4.69) is 15.8 Å². The highest BCUT2D eigenvalue weighted by molar-refractivity contribution is 6.06. The van der Waals surface area contributed by atoms with Gasteiger partial charge < -0.3 is 0 Å². The van der Waals surface area contributed by atoms with Crippen LogP contribution in [0.3, 0.4) is 0 Å². The van der Waals surface area contributed by atoms with Crippen LogP contribution >= 0.6 is 0 Å². The number of carbonyl (C=O) groups excluding carboxylic acids is 1. The zero-order valence-electron chi connectivity index (χ0n) is 13.0. The minimum absolute atomic E-state index is 0.00793. The Morgan fingerprint density at radius 1 is 1.24 bits per heavy atom. The number of ketones is 1. The molecule has 1 heterocycles. The van der Waals surface area contributed by atoms with Crippen molar-refractivity contribution in [3.8, 4) is 0 Å². The average molecular weight is 284 g/mol. The lowest BCUT2D eigenvalue weighted by Gasteiger charge is -2.21. The second kappa shape index (κ2) is 6.00. The molecule has 0 amide bonds. The zero-order chi connectivity index (χ0) is 14.8. The molecule has 0 bridgehead atoms. The number of benzene rings is 1. The van der Waals surface area contributed by atoms with E-state index < -0.39 is 0 Å². The Morgan fingerprint density at radius 3 is 2.67 bits per heavy atom. The molecule has 0 N–H and O–H groups in total. The molecule has 21 heavy (non-hydrogen) atoms. The van der Waals surface area contributed by atoms with Crippen molar-refractivity contribution in [1.29, 1.82) is 0 Å². The van der Waals surface area contributed by atoms with Gasteiger partial charge in [-0.1, -0.05) is 51.3 Å². The Kier molecular flexibility index (Phi) is 4.09. The first kappa shape index (κ1) is 14.3. The van der Waals surface area contributed by atoms with Crippen LogP contribution in [0.1, 0.15) is 56.4 Å². The van der Waals surface area contributed by atoms with Gasteiger partial charge in [0.2, 0.25) is 0 Å². The molecule has 1 fully saturated rings. The van der Waals surface area contributed by atoms with Gasteiger partial charge in [0.05, 0.1) is 5.52 Å². The maximum atomic E-state index is 12.4. The maximum absolute atomic E-state index is 12.4. The largest absolute Gasteiger partial charge is 0.292 e. The highest BCUT2D eigenvalue weighted by atomic mass is 16.1. The summed E-state index contributed by atoms with van der Waals surface area (Å²) in [5.41, 5.74) is 1.75. The van der Waals surface area contributed by atoms with Gasteiger partial charge in [-0.25, -0.2) is 0 Å². The first-order valence-electron chi connectivity index (χ1n) is 8.16. The summed E-state index contributed by atoms with van der Waals surface area (Å²) in [6, 6.07) is 8.13. The SMILES string of the molecule is CC(C)C(=O)c1nn(CC2CCCCC2)c2ccccc12. The van der Waals surface area contributed by atoms with Gasteiger partial charge in [-0.2, -0.15) is 5.10 Å². The van der Waals surface area contributed by atoms with Crippen LogP contribution in [0.4, 0.5) is 0 Å². The van der Waals surface area contributed by atoms with Crippen LogP contribution in [0.2, 0.25) is 0 Å². The Balaban J connectivity index is 1.96. The third-order valence-corrected chi connectivity index (χ3v) is 4.57. The summed E-state index contributed by atoms with van der Waals surface area (Å²) in [6.45, 7) is 4.83. The second-order valence-electron chi connectivity index (χ2n) is 6.57. The van der Waals surface area contributed by atoms with E-state index in [1.54, 1.807) is 0 Å². The van der Waals surface area contributed by atoms with E-state index in [4.69, 9.17) is 0 Å². The first-order valence-corrected chi connectivity index (χ1v) is 8.16. The predicted molar refractivity (Wildman–Crippen MR) is 85.5 cm³/mol. The quantitative estimate of drug-likeness (QED) is 0.777. The van der Waals surface area contributed by atoms with Crippen molar-refractivity contribution >= 4 is 16.7 Å². The van der Waals surface area contributed by atoms with Gasteiger partial charge in [0.1, 0.15) is 5.69 Å². The normalized spacial score (nSPS) is 16.7. The predicted octanol–water partition coefficient (Wildman–Crippen LogP) is 4.46. The molecule has 3 rings (SSSR count). The van der Waals surface area contributed by atoms with E-state index >= 15 is 0 Å². The highest BCUT2D eigenvalue weighted by Gasteiger charge is 2.21. The van der Waals surface area contributed by atoms with Crippen LogP contribution in [-0.2, 0) is 6.54 Å². The molecule has 112 valence electrons. The molecule has 3 heteroatoms. The fraction of sp³-hybridized carbons (Fsp3) is 0.556. The smallest absolute Gasteiger partial charge is 0.186 e. The zero-order valence-corrected chi connectivity index (χ0v) is 13.0. The molecular formula is C18H24N2O. The number of aromatic nitrogens is 2. The van der Waals surface area contributed by atoms with Crippen molar-refractivity contribution in [2.24, 2.45) is 11.8 Å². The van der Waals surface area contributed by atoms with E-state index in [9.17, 15) is 4.79 Å². The summed E-state index contributed by atoms with van der Waals surface area (Å²) in [5.74, 6) is 0.851. The summed E-state index contributed by atoms with van der Waals surface area (Å²) in [6.07, 6.45) is 6.63. The summed E-state index contributed by atoms with van der Waals surface area (Å²) in [5, 5.41) is 5.68. The molecule has 1 aliphatic carbocycles. The molecule has 0 radical (unpaired) electrons. The molecule has 1 aliphatic rings. The van der Waals surface area contributed by atoms with Crippen LogP contribution in [0.25, 0.3) is 10.9 Å². The van der Waals surface area contributed by atoms with Gasteiger partial charge >= 0.3 is 0 Å². The molecule has 0 saturated heterocycles. The summed E-state index contributed by atoms with van der Waals surface area (Å²) in [7, 11) is 0. The van der Waals surface area contributed by atoms with Crippen LogP contribution in [0.5, 0.6) is 0 Å². The topological polar surface area (TPSA) is 34.9 Å². The lowest BCUT2D eigenvalue weighted by Crippen LogP contribution is -2.16. The third kappa shape index (κ3) is 2.87. The van der Waals surface area contributed by atoms with Crippen molar-refractivity contribution in [2.75, 3.05) is 0 Å². The molecular weight excluding hydrogens is 260 g/mol. The Bertz CT molecular complexity index is 636. The molecule has 3 nitrogen and oxygen atoms in total. The molecule has 0 unspecified atom stereocenters. The van der Waals surface area contributed by atoms with Crippen molar-refractivity contribution in [1.82, 2.24) is 9.78 Å². The first-order chi connectivity index (χ1) is 10.2. The lowest BCUT2D eigenvalue weighted by atomic mass is 9.89. The molecule has 0 spiro atoms. The van der Waals surface area contributed by atoms with E-state index in [0.29, 0.717) is 11.6 Å². The number of hydrogen-bond donors (Lipinski definition) is 0. The number of carbonyl (C=O) groups is 1. The van der Waals surface area contributed by atoms with Gasteiger partial charge in [-0.3, -0.25) is 9.48 Å². The number of hydrogen-bond acceptors (Lipinski definition) is 2. The standard InChI is InChI=1S/C18H24N2O/c1-13(2)18(21)17-15-10-6-7-11-16(15)20(19-17)12-14-8-4-3-5-9-14/h6-7,10-11,13-14H,3-5,8-9,12H2,1-2H3. The monoisotopic (exact) mass is 284 g/mol. The van der Waals surface area contributed by atoms with E-state index in [1.807, 2.05) is 32.0 Å². The molecule has 0 aliphatic heterocycles. The van der Waals surface area contributed by atoms with Crippen molar-refractivity contribution in [3.63, 3.8) is 0 Å². The van der Waals surface area contributed by atoms with Gasteiger partial charge in [-0.15, -0.1) is 0 Å². The van der Waals surface area contributed by atoms with Crippen LogP contribution in [-0.4, -0.2) is 15.6 Å². The van der Waals surface area contributed by atoms with Crippen LogP contribution in [0.15, 0.2) is 24.3 Å². The Hall–Kier alpha value is -1.64. The number of Topliss-reactive ketones (excluding diaryl/α,β-unsaturated/α-hetero) is 1. The van der Waals surface area contributed by atoms with Gasteiger partial charge in [0.15, 0.2) is 5.78 Å². The fourth-order valence-electron chi connectivity index (χ4n) is 3.34. The number of rotatable bonds is 4. The second-order valence-corrected chi connectivity index (χ2v) is 6.57. The van der Waals surface area contributed by atoms with Gasteiger partial charge in [0.25, 0.3) is 0 Å². The van der Waals surface area contributed by atoms with Crippen LogP contribution in [0, 0.1) is 11.8 Å². The van der Waals surface area contributed by atoms with Crippen molar-refractivity contribution in [3.05, 3.63) is 30.0 Å². The number of para-hydroxylation sites is 1. The highest BCUT2D eigenvalue weighted by Crippen LogP contribution is 2.27. The minimum atomic E-state index is -0.00793. The van der Waals surface area contributed by atoms with E-state index in [0.717, 1.165) is 17.4 Å². The molecule has 0 atom stereocenters. The molecule has 1 aromatic carbocycles. The summed E-state index contributed by atoms with van der Waals surface area (Å²) < 4.78 is 2.07. The number of fused-ring (bicyclic) bond motifs is 1. The van der Waals surface area contributed by atoms with Crippen LogP contribution < -0.4 is 0 Å². The third-order valence-electron chi connectivity index (χ3n) is 4.57. The van der Waals surface area contributed by atoms with E-state index in [1.165, 1.54) is 32.1 Å². The molecule has 1 saturated carbocycles. The molecule has 2 aromatic rings. The Morgan fingerprint density at radius 2 is 1.95 bits per heavy atom. The van der Waals surface area contributed by atoms with Gasteiger partial charge in [0, 0.05) is 17.8 Å². The summed E-state index contributed by atoms with van der Waals surface area (Å²) in [4.78, 5) is 12.4. The van der Waals surface area contributed by atoms with Crippen molar-refractivity contribution < 1.29 is 4.79 Å². The summed E-state index contributed by atoms with van der Waals surface area (Å²) >= 11 is 0. The van der Waals surface area contributed by atoms with E-state index in [-0.39, 0.29) is 11.7 Å². The fourth-order valence-corrected chi connectivity index (χ4v) is 3.34. The average Bonchev–Trinajstić information content (AvgIpc) is 2.86. The lowest BCUT2D eigenvalue weighted by molar-refractivity contribution is 0.0934. The number of nitrogens with zero attached hydrogens (tertiary/aromatic N) is 2. The Labute approximate surface area is 126 Å². The maximum Gasteiger partial charge on any atom is 0.186 e. The van der Waals surface area contributed by atoms with Crippen molar-refractivity contribution in [2.45, 2.75) is 52.5 Å². The molecule has 1 aromatic heterocycles.